The summed E-state index contributed by atoms with van der Waals surface area (Å²) in [6, 6.07) is 11.3. The molecule has 328 valence electrons. The minimum Gasteiger partial charge on any atom is -0.461 e. The molecule has 0 bridgehead atoms. The van der Waals surface area contributed by atoms with Gasteiger partial charge >= 0.3 is 12.0 Å². The topological polar surface area (TPSA) is 181 Å². The first-order valence-corrected chi connectivity index (χ1v) is 20.6. The van der Waals surface area contributed by atoms with Crippen molar-refractivity contribution < 1.29 is 42.8 Å². The van der Waals surface area contributed by atoms with Crippen molar-refractivity contribution in [3.05, 3.63) is 64.7 Å². The predicted octanol–water partition coefficient (Wildman–Crippen LogP) is 3.30. The van der Waals surface area contributed by atoms with Crippen LogP contribution in [0.25, 0.3) is 0 Å². The van der Waals surface area contributed by atoms with Crippen LogP contribution < -0.4 is 16.0 Å². The van der Waals surface area contributed by atoms with Crippen LogP contribution in [-0.2, 0) is 33.5 Å². The van der Waals surface area contributed by atoms with Crippen LogP contribution in [0.2, 0.25) is 5.02 Å². The van der Waals surface area contributed by atoms with Crippen molar-refractivity contribution in [3.8, 4) is 0 Å². The predicted molar refractivity (Wildman–Crippen MR) is 223 cm³/mol. The van der Waals surface area contributed by atoms with Gasteiger partial charge in [0.15, 0.2) is 0 Å². The first-order valence-electron chi connectivity index (χ1n) is 20.2. The smallest absolute Gasteiger partial charge is 0.329 e. The summed E-state index contributed by atoms with van der Waals surface area (Å²) in [5.74, 6) is -2.53. The molecule has 3 N–H and O–H groups in total. The lowest BCUT2D eigenvalue weighted by Crippen LogP contribution is -2.64. The quantitative estimate of drug-likeness (QED) is 0.309. The Morgan fingerprint density at radius 3 is 2.20 bits per heavy atom. The highest BCUT2D eigenvalue weighted by Gasteiger charge is 2.45. The van der Waals surface area contributed by atoms with Gasteiger partial charge in [-0.2, -0.15) is 5.12 Å². The molecular weight excluding hydrogens is 799 g/mol. The number of cyclic esters (lactones) is 1. The zero-order valence-electron chi connectivity index (χ0n) is 35.4. The van der Waals surface area contributed by atoms with E-state index in [-0.39, 0.29) is 35.2 Å². The van der Waals surface area contributed by atoms with Gasteiger partial charge in [-0.3, -0.25) is 24.0 Å². The molecule has 4 aliphatic rings. The maximum absolute atomic E-state index is 13.6. The first kappa shape index (κ1) is 47.4. The molecule has 0 aliphatic carbocycles. The molecule has 16 nitrogen and oxygen atoms in total. The number of nitrogens with zero attached hydrogens (tertiary/aromatic N) is 5. The molecule has 0 radical (unpaired) electrons. The standard InChI is InChI=1S/C24H37N5O6.C10H11ClFN3O2.C8H10/c1-14-10-18-24(34)35-15(2)11-20(30)27-7-5-6-17(27)23(33)28-9-8-26(4)13-19(28)21(31)25-16(3)22(32)29(18)12-14;1-15(12)9(16)6-13-10(17)14-8-4-2-3-7(11)5-8;1-7-4-3-5-8(2)6-7/h14-19H,5-13H2,1-4H3,(H,25,31);2-5H,6H2,1H3,(H2,13,14,17);3-6H,1-2H3. The van der Waals surface area contributed by atoms with Crippen molar-refractivity contribution in [1.82, 2.24) is 35.4 Å². The summed E-state index contributed by atoms with van der Waals surface area (Å²) in [4.78, 5) is 95.0. The highest BCUT2D eigenvalue weighted by atomic mass is 35.5. The summed E-state index contributed by atoms with van der Waals surface area (Å²) in [7, 11) is 2.84. The zero-order chi connectivity index (χ0) is 44.3. The number of anilines is 1. The number of esters is 1. The Morgan fingerprint density at radius 2 is 1.57 bits per heavy atom. The van der Waals surface area contributed by atoms with Crippen LogP contribution >= 0.6 is 11.6 Å². The number of aryl methyl sites for hydroxylation is 2. The molecule has 4 fully saturated rings. The van der Waals surface area contributed by atoms with Crippen LogP contribution in [0, 0.1) is 19.8 Å². The van der Waals surface area contributed by atoms with Crippen molar-refractivity contribution in [1.29, 1.82) is 0 Å². The number of fused-ring (bicyclic) bond motifs is 3. The molecule has 6 unspecified atom stereocenters. The van der Waals surface area contributed by atoms with Crippen LogP contribution in [0.1, 0.15) is 57.6 Å². The fourth-order valence-corrected chi connectivity index (χ4v) is 7.74. The fraction of sp³-hybridized carbons (Fsp3) is 0.548. The van der Waals surface area contributed by atoms with E-state index in [1.165, 1.54) is 16.0 Å². The molecule has 6 rings (SSSR count). The first-order chi connectivity index (χ1) is 28.3. The van der Waals surface area contributed by atoms with Gasteiger partial charge in [-0.05, 0) is 78.1 Å². The number of carbonyl (C=O) groups excluding carboxylic acids is 7. The fourth-order valence-electron chi connectivity index (χ4n) is 7.55. The Hall–Kier alpha value is -5.29. The minimum absolute atomic E-state index is 0.0329. The largest absolute Gasteiger partial charge is 0.461 e. The third kappa shape index (κ3) is 13.4. The van der Waals surface area contributed by atoms with Crippen LogP contribution in [0.4, 0.5) is 15.0 Å². The number of hydrogen-bond acceptors (Lipinski definition) is 9. The van der Waals surface area contributed by atoms with Crippen molar-refractivity contribution in [2.75, 3.05) is 58.7 Å². The molecule has 0 spiro atoms. The number of benzene rings is 2. The molecule has 4 saturated heterocycles. The number of hydrogen-bond donors (Lipinski definition) is 3. The molecule has 0 saturated carbocycles. The number of piperazine rings is 1. The van der Waals surface area contributed by atoms with Gasteiger partial charge in [0.05, 0.1) is 6.42 Å². The second-order valence-electron chi connectivity index (χ2n) is 15.9. The van der Waals surface area contributed by atoms with Crippen LogP contribution in [-0.4, -0.2) is 150 Å². The lowest BCUT2D eigenvalue weighted by atomic mass is 10.1. The van der Waals surface area contributed by atoms with Gasteiger partial charge in [-0.25, -0.2) is 9.59 Å². The molecule has 2 aromatic rings. The van der Waals surface area contributed by atoms with E-state index in [9.17, 15) is 38.0 Å². The number of rotatable bonds is 3. The SMILES string of the molecule is CC1CC2C(=O)OC(C)CC(=O)N3CCCC3C(=O)N3CCN(C)CC3C(=O)NC(C)C(=O)N2C1.CN(F)C(=O)CNC(=O)Nc1cccc(Cl)c1.Cc1cccc(C)c1. The molecule has 4 aliphatic heterocycles. The van der Waals surface area contributed by atoms with E-state index in [2.05, 4.69) is 54.1 Å². The Labute approximate surface area is 356 Å². The van der Waals surface area contributed by atoms with E-state index in [4.69, 9.17) is 16.3 Å². The Kier molecular flexibility index (Phi) is 17.2. The van der Waals surface area contributed by atoms with E-state index in [0.717, 1.165) is 7.05 Å². The monoisotopic (exact) mass is 856 g/mol. The number of nitrogens with one attached hydrogen (secondary N) is 3. The van der Waals surface area contributed by atoms with Crippen LogP contribution in [0.5, 0.6) is 0 Å². The number of urea groups is 1. The molecule has 7 amide bonds. The Morgan fingerprint density at radius 1 is 0.883 bits per heavy atom. The van der Waals surface area contributed by atoms with E-state index >= 15 is 0 Å². The van der Waals surface area contributed by atoms with E-state index in [1.807, 2.05) is 18.9 Å². The zero-order valence-corrected chi connectivity index (χ0v) is 36.2. The normalized spacial score (nSPS) is 24.9. The molecule has 0 aromatic heterocycles. The van der Waals surface area contributed by atoms with Gasteiger partial charge in [0, 0.05) is 50.5 Å². The summed E-state index contributed by atoms with van der Waals surface area (Å²) in [5, 5.41) is 7.82. The number of likely N-dealkylation sites (N-methyl/N-ethyl adjacent to an activating group) is 2. The van der Waals surface area contributed by atoms with Crippen LogP contribution in [0.15, 0.2) is 48.5 Å². The highest BCUT2D eigenvalue weighted by molar-refractivity contribution is 6.30. The third-order valence-corrected chi connectivity index (χ3v) is 10.8. The van der Waals surface area contributed by atoms with Crippen molar-refractivity contribution in [2.24, 2.45) is 5.92 Å². The van der Waals surface area contributed by atoms with Gasteiger partial charge in [-0.1, -0.05) is 64.5 Å². The van der Waals surface area contributed by atoms with Crippen molar-refractivity contribution >= 4 is 58.8 Å². The highest BCUT2D eigenvalue weighted by Crippen LogP contribution is 2.27. The average molecular weight is 857 g/mol. The number of carbonyl (C=O) groups is 7. The molecule has 60 heavy (non-hydrogen) atoms. The second kappa shape index (κ2) is 21.8. The second-order valence-corrected chi connectivity index (χ2v) is 16.4. The lowest BCUT2D eigenvalue weighted by molar-refractivity contribution is -0.160. The summed E-state index contributed by atoms with van der Waals surface area (Å²) in [5.41, 5.74) is 3.16. The third-order valence-electron chi connectivity index (χ3n) is 10.6. The maximum atomic E-state index is 13.6. The van der Waals surface area contributed by atoms with Gasteiger partial charge in [0.2, 0.25) is 23.6 Å². The number of ether oxygens (including phenoxy) is 1. The molecule has 6 atom stereocenters. The van der Waals surface area contributed by atoms with Crippen LogP contribution in [0.3, 0.4) is 0 Å². The van der Waals surface area contributed by atoms with Crippen molar-refractivity contribution in [3.63, 3.8) is 0 Å². The van der Waals surface area contributed by atoms with Gasteiger partial charge < -0.3 is 40.3 Å². The van der Waals surface area contributed by atoms with E-state index in [0.29, 0.717) is 62.7 Å². The number of amides is 7. The summed E-state index contributed by atoms with van der Waals surface area (Å²) in [6.07, 6.45) is 0.982. The molecule has 2 aromatic carbocycles. The Balaban J connectivity index is 0.000000261. The summed E-state index contributed by atoms with van der Waals surface area (Å²) >= 11 is 5.72. The van der Waals surface area contributed by atoms with E-state index < -0.39 is 60.6 Å². The molecule has 18 heteroatoms. The van der Waals surface area contributed by atoms with E-state index in [1.54, 1.807) is 47.9 Å². The van der Waals surface area contributed by atoms with Crippen molar-refractivity contribution in [2.45, 2.75) is 90.6 Å². The summed E-state index contributed by atoms with van der Waals surface area (Å²) in [6.45, 7) is 11.2. The van der Waals surface area contributed by atoms with Gasteiger partial charge in [0.25, 0.3) is 5.91 Å². The molecule has 4 heterocycles. The number of halogens is 2. The molecular formula is C42H58ClFN8O8. The lowest BCUT2D eigenvalue weighted by Gasteiger charge is -2.41. The average Bonchev–Trinajstić information content (AvgIpc) is 3.84. The maximum Gasteiger partial charge on any atom is 0.329 e. The van der Waals surface area contributed by atoms with Gasteiger partial charge in [0.1, 0.15) is 36.8 Å². The minimum atomic E-state index is -0.859. The Bertz CT molecular complexity index is 1870. The van der Waals surface area contributed by atoms with Gasteiger partial charge in [-0.15, -0.1) is 0 Å². The summed E-state index contributed by atoms with van der Waals surface area (Å²) < 4.78 is 17.9.